The number of aliphatic hydroxyl groups excluding tert-OH is 2. The summed E-state index contributed by atoms with van der Waals surface area (Å²) in [5.74, 6) is -7.39. The number of nitrogens with zero attached hydrogens (tertiary/aromatic N) is 2. The third-order valence-electron chi connectivity index (χ3n) is 9.39. The van der Waals surface area contributed by atoms with Crippen molar-refractivity contribution < 1.29 is 48.6 Å². The maximum atomic E-state index is 13.5. The van der Waals surface area contributed by atoms with E-state index in [1.807, 2.05) is 31.1 Å². The highest BCUT2D eigenvalue weighted by atomic mass is 16.8. The molecule has 2 fully saturated rings. The Morgan fingerprint density at radius 1 is 1.02 bits per heavy atom. The first-order valence-electron chi connectivity index (χ1n) is 14.4. The average molecular weight is 602 g/mol. The molecule has 0 unspecified atom stereocenters. The largest absolute Gasteiger partial charge is 0.510 e. The molecule has 13 heteroatoms. The van der Waals surface area contributed by atoms with Gasteiger partial charge in [-0.05, 0) is 50.6 Å². The Morgan fingerprint density at radius 2 is 1.65 bits per heavy atom. The highest BCUT2D eigenvalue weighted by molar-refractivity contribution is 6.05. The Morgan fingerprint density at radius 3 is 2.21 bits per heavy atom. The molecule has 6 rings (SSSR count). The number of likely N-dealkylation sites (N-methyl/N-ethyl adjacent to an activating group) is 1. The van der Waals surface area contributed by atoms with Crippen molar-refractivity contribution in [2.75, 3.05) is 66.6 Å². The number of carbonyl (C=O) groups is 2. The molecule has 4 atom stereocenters. The van der Waals surface area contributed by atoms with Gasteiger partial charge in [0.1, 0.15) is 22.8 Å². The number of rotatable bonds is 4. The zero-order valence-corrected chi connectivity index (χ0v) is 25.2. The molecule has 3 aliphatic carbocycles. The van der Waals surface area contributed by atoms with E-state index in [1.165, 1.54) is 0 Å². The van der Waals surface area contributed by atoms with E-state index < -0.39 is 64.0 Å². The normalized spacial score (nSPS) is 30.4. The van der Waals surface area contributed by atoms with E-state index in [0.29, 0.717) is 17.7 Å². The highest BCUT2D eigenvalue weighted by Crippen LogP contribution is 2.64. The standard InChI is InChI=1S/C30H39N3O10/c1-15(34)31-27(37)23-25(35)24(33(4)5)18-14-16-13-17-19(32(2)3)7-8-20(39-6)22(17)29(40-9-10-41-29)21(16)26(36)28(18,38)30(23)42-11-12-43-30/h7-8,16,18,24,35-36,38H,9-14H2,1-6H3,(H,31,34,37)/t16-,18-,24-,28-/m0/s1. The Balaban J connectivity index is 1.67. The van der Waals surface area contributed by atoms with Crippen LogP contribution in [0.5, 0.6) is 5.75 Å². The first kappa shape index (κ1) is 29.9. The fraction of sp³-hybridized carbons (Fsp3) is 0.600. The number of fused-ring (bicyclic) bond motifs is 6. The van der Waals surface area contributed by atoms with Crippen molar-refractivity contribution in [1.29, 1.82) is 0 Å². The second-order valence-electron chi connectivity index (χ2n) is 12.1. The summed E-state index contributed by atoms with van der Waals surface area (Å²) in [6.07, 6.45) is 0.675. The summed E-state index contributed by atoms with van der Waals surface area (Å²) < 4.78 is 30.7. The summed E-state index contributed by atoms with van der Waals surface area (Å²) >= 11 is 0. The molecule has 13 nitrogen and oxygen atoms in total. The van der Waals surface area contributed by atoms with E-state index >= 15 is 0 Å². The van der Waals surface area contributed by atoms with Crippen LogP contribution in [0.25, 0.3) is 0 Å². The van der Waals surface area contributed by atoms with Gasteiger partial charge in [0.25, 0.3) is 5.91 Å². The van der Waals surface area contributed by atoms with Gasteiger partial charge in [-0.25, -0.2) is 0 Å². The van der Waals surface area contributed by atoms with Crippen LogP contribution < -0.4 is 15.0 Å². The molecule has 43 heavy (non-hydrogen) atoms. The van der Waals surface area contributed by atoms with Crippen LogP contribution in [-0.2, 0) is 40.7 Å². The van der Waals surface area contributed by atoms with E-state index in [2.05, 4.69) is 5.32 Å². The van der Waals surface area contributed by atoms with Gasteiger partial charge in [0.05, 0.1) is 45.1 Å². The van der Waals surface area contributed by atoms with Gasteiger partial charge in [0.2, 0.25) is 17.5 Å². The van der Waals surface area contributed by atoms with Crippen molar-refractivity contribution in [3.05, 3.63) is 45.9 Å². The van der Waals surface area contributed by atoms with E-state index in [1.54, 1.807) is 26.1 Å². The van der Waals surface area contributed by atoms with Crippen LogP contribution in [0, 0.1) is 11.8 Å². The van der Waals surface area contributed by atoms with Crippen LogP contribution in [0.3, 0.4) is 0 Å². The lowest BCUT2D eigenvalue weighted by molar-refractivity contribution is -0.281. The van der Waals surface area contributed by atoms with E-state index in [4.69, 9.17) is 23.7 Å². The molecule has 234 valence electrons. The lowest BCUT2D eigenvalue weighted by Crippen LogP contribution is -2.72. The Labute approximate surface area is 249 Å². The molecule has 0 saturated carbocycles. The van der Waals surface area contributed by atoms with Gasteiger partial charge in [0.15, 0.2) is 5.60 Å². The Kier molecular flexibility index (Phi) is 7.07. The third-order valence-corrected chi connectivity index (χ3v) is 9.39. The lowest BCUT2D eigenvalue weighted by Gasteiger charge is -2.58. The number of nitrogens with one attached hydrogen (secondary N) is 1. The van der Waals surface area contributed by atoms with Gasteiger partial charge < -0.3 is 43.9 Å². The van der Waals surface area contributed by atoms with Crippen molar-refractivity contribution in [3.63, 3.8) is 0 Å². The monoisotopic (exact) mass is 601 g/mol. The fourth-order valence-corrected chi connectivity index (χ4v) is 7.97. The second-order valence-corrected chi connectivity index (χ2v) is 12.1. The van der Waals surface area contributed by atoms with Crippen LogP contribution in [0.15, 0.2) is 34.8 Å². The van der Waals surface area contributed by atoms with E-state index in [9.17, 15) is 24.9 Å². The van der Waals surface area contributed by atoms with Crippen LogP contribution in [-0.4, -0.2) is 111 Å². The molecule has 2 saturated heterocycles. The molecule has 1 aromatic carbocycles. The quantitative estimate of drug-likeness (QED) is 0.386. The summed E-state index contributed by atoms with van der Waals surface area (Å²) in [5.41, 5.74) is -0.157. The second kappa shape index (κ2) is 10.2. The van der Waals surface area contributed by atoms with Crippen molar-refractivity contribution in [2.24, 2.45) is 11.8 Å². The number of imide groups is 1. The number of methoxy groups -OCH3 is 1. The number of ether oxygens (including phenoxy) is 5. The van der Waals surface area contributed by atoms with Gasteiger partial charge in [-0.3, -0.25) is 19.8 Å². The number of hydrogen-bond donors (Lipinski definition) is 4. The van der Waals surface area contributed by atoms with Crippen molar-refractivity contribution in [3.8, 4) is 5.75 Å². The molecule has 0 bridgehead atoms. The van der Waals surface area contributed by atoms with Gasteiger partial charge in [-0.2, -0.15) is 0 Å². The van der Waals surface area contributed by atoms with Crippen molar-refractivity contribution in [1.82, 2.24) is 10.2 Å². The number of anilines is 1. The minimum absolute atomic E-state index is 0.0428. The summed E-state index contributed by atoms with van der Waals surface area (Å²) in [4.78, 5) is 29.2. The predicted octanol–water partition coefficient (Wildman–Crippen LogP) is 0.858. The first-order chi connectivity index (χ1) is 20.4. The molecule has 2 aliphatic heterocycles. The van der Waals surface area contributed by atoms with Gasteiger partial charge in [-0.1, -0.05) is 0 Å². The SMILES string of the molecule is COc1ccc(N(C)C)c2c1C1(OCCO1)C1=C(O)[C@@]3(O)[C@@H](C[C@@H]1C2)[C@H](N(C)C)C(O)=C(C(=O)NC(C)=O)C31OCCO1. The average Bonchev–Trinajstić information content (AvgIpc) is 3.61. The third kappa shape index (κ3) is 3.85. The molecule has 2 spiro atoms. The molecule has 2 heterocycles. The van der Waals surface area contributed by atoms with Crippen LogP contribution >= 0.6 is 0 Å². The molecule has 2 amide bonds. The number of amides is 2. The Bertz CT molecular complexity index is 1420. The lowest BCUT2D eigenvalue weighted by atomic mass is 9.56. The molecule has 0 aromatic heterocycles. The summed E-state index contributed by atoms with van der Waals surface area (Å²) in [7, 11) is 8.81. The summed E-state index contributed by atoms with van der Waals surface area (Å²) in [6, 6.07) is 2.82. The maximum absolute atomic E-state index is 13.5. The van der Waals surface area contributed by atoms with Gasteiger partial charge >= 0.3 is 0 Å². The zero-order valence-electron chi connectivity index (χ0n) is 25.2. The number of aliphatic hydroxyl groups is 3. The van der Waals surface area contributed by atoms with Crippen LogP contribution in [0.4, 0.5) is 5.69 Å². The number of carbonyl (C=O) groups excluding carboxylic acids is 2. The topological polar surface area (TPSA) is 159 Å². The van der Waals surface area contributed by atoms with Gasteiger partial charge in [-0.15, -0.1) is 0 Å². The molecule has 0 radical (unpaired) electrons. The van der Waals surface area contributed by atoms with E-state index in [0.717, 1.165) is 18.2 Å². The molecule has 4 N–H and O–H groups in total. The molecule has 1 aromatic rings. The van der Waals surface area contributed by atoms with Crippen LogP contribution in [0.1, 0.15) is 24.5 Å². The number of hydrogen-bond acceptors (Lipinski definition) is 12. The molecular formula is C30H39N3O10. The highest BCUT2D eigenvalue weighted by Gasteiger charge is 2.75. The fourth-order valence-electron chi connectivity index (χ4n) is 7.97. The first-order valence-corrected chi connectivity index (χ1v) is 14.4. The predicted molar refractivity (Wildman–Crippen MR) is 151 cm³/mol. The van der Waals surface area contributed by atoms with E-state index in [-0.39, 0.29) is 38.4 Å². The smallest absolute Gasteiger partial charge is 0.262 e. The summed E-state index contributed by atoms with van der Waals surface area (Å²) in [6.45, 7) is 1.50. The van der Waals surface area contributed by atoms with Gasteiger partial charge in [0, 0.05) is 38.2 Å². The van der Waals surface area contributed by atoms with Crippen molar-refractivity contribution in [2.45, 2.75) is 43.0 Å². The molecule has 5 aliphatic rings. The van der Waals surface area contributed by atoms with Crippen LogP contribution in [0.2, 0.25) is 0 Å². The minimum Gasteiger partial charge on any atom is -0.510 e. The zero-order chi connectivity index (χ0) is 31.1. The Hall–Kier alpha value is -3.20. The number of benzene rings is 1. The molecular weight excluding hydrogens is 562 g/mol. The minimum atomic E-state index is -2.40. The maximum Gasteiger partial charge on any atom is 0.262 e. The van der Waals surface area contributed by atoms with Crippen molar-refractivity contribution >= 4 is 17.5 Å². The summed E-state index contributed by atoms with van der Waals surface area (Å²) in [5, 5.41) is 39.3.